The van der Waals surface area contributed by atoms with Crippen LogP contribution in [0.1, 0.15) is 35.2 Å². The van der Waals surface area contributed by atoms with E-state index in [2.05, 4.69) is 0 Å². The third kappa shape index (κ3) is 1.42. The number of fused-ring (bicyclic) bond motifs is 3. The first kappa shape index (κ1) is 11.9. The summed E-state index contributed by atoms with van der Waals surface area (Å²) < 4.78 is 6.16. The quantitative estimate of drug-likeness (QED) is 0.852. The molecule has 0 radical (unpaired) electrons. The fraction of sp³-hybridized carbons (Fsp3) is 0.500. The summed E-state index contributed by atoms with van der Waals surface area (Å²) in [5.41, 5.74) is 1.12. The van der Waals surface area contributed by atoms with E-state index in [0.717, 1.165) is 18.4 Å². The van der Waals surface area contributed by atoms with Crippen molar-refractivity contribution < 1.29 is 19.4 Å². The van der Waals surface area contributed by atoms with Crippen LogP contribution in [0.25, 0.3) is 0 Å². The highest BCUT2D eigenvalue weighted by molar-refractivity contribution is 6.00. The third-order valence-electron chi connectivity index (χ3n) is 5.17. The Bertz CT molecular complexity index is 635. The van der Waals surface area contributed by atoms with Crippen LogP contribution in [-0.4, -0.2) is 22.5 Å². The van der Waals surface area contributed by atoms with Gasteiger partial charge in [-0.25, -0.2) is 0 Å². The Kier molecular flexibility index (Phi) is 2.16. The summed E-state index contributed by atoms with van der Waals surface area (Å²) in [6, 6.07) is 5.63. The molecule has 4 rings (SSSR count). The SMILES string of the molecule is Cc1ccc2c(c1)C(=O)C[C@]1(CC[C@@H]3[C@@H](C(=O)O)[C@@H]31)O2. The van der Waals surface area contributed by atoms with Crippen LogP contribution >= 0.6 is 0 Å². The molecule has 4 atom stereocenters. The predicted molar refractivity (Wildman–Crippen MR) is 70.8 cm³/mol. The molecule has 1 heterocycles. The van der Waals surface area contributed by atoms with Crippen molar-refractivity contribution in [3.8, 4) is 5.75 Å². The molecule has 1 aromatic carbocycles. The van der Waals surface area contributed by atoms with Crippen molar-refractivity contribution in [2.75, 3.05) is 0 Å². The van der Waals surface area contributed by atoms with Crippen LogP contribution in [0.3, 0.4) is 0 Å². The Morgan fingerprint density at radius 2 is 2.25 bits per heavy atom. The summed E-state index contributed by atoms with van der Waals surface area (Å²) in [6.45, 7) is 1.95. The topological polar surface area (TPSA) is 63.6 Å². The summed E-state index contributed by atoms with van der Waals surface area (Å²) in [5.74, 6) is -0.130. The number of hydrogen-bond donors (Lipinski definition) is 1. The van der Waals surface area contributed by atoms with E-state index in [1.807, 2.05) is 25.1 Å². The van der Waals surface area contributed by atoms with E-state index < -0.39 is 11.6 Å². The molecule has 1 spiro atoms. The molecule has 0 aromatic heterocycles. The van der Waals surface area contributed by atoms with E-state index in [1.165, 1.54) is 0 Å². The molecule has 0 bridgehead atoms. The number of carboxylic acid groups (broad SMARTS) is 1. The summed E-state index contributed by atoms with van der Waals surface area (Å²) in [6.07, 6.45) is 1.98. The number of carbonyl (C=O) groups excluding carboxylic acids is 1. The number of ketones is 1. The van der Waals surface area contributed by atoms with Gasteiger partial charge in [0, 0.05) is 5.92 Å². The van der Waals surface area contributed by atoms with E-state index in [-0.39, 0.29) is 23.5 Å². The van der Waals surface area contributed by atoms with Gasteiger partial charge >= 0.3 is 5.97 Å². The molecule has 1 aromatic rings. The fourth-order valence-corrected chi connectivity index (χ4v) is 4.26. The Labute approximate surface area is 116 Å². The second kappa shape index (κ2) is 3.62. The molecule has 20 heavy (non-hydrogen) atoms. The van der Waals surface area contributed by atoms with Crippen LogP contribution in [0.5, 0.6) is 5.75 Å². The number of aryl methyl sites for hydroxylation is 1. The van der Waals surface area contributed by atoms with Crippen LogP contribution in [0.4, 0.5) is 0 Å². The van der Waals surface area contributed by atoms with Crippen LogP contribution in [-0.2, 0) is 4.79 Å². The van der Waals surface area contributed by atoms with Gasteiger partial charge in [-0.1, -0.05) is 11.6 Å². The highest BCUT2D eigenvalue weighted by atomic mass is 16.5. The van der Waals surface area contributed by atoms with Crippen molar-refractivity contribution in [2.45, 2.75) is 31.8 Å². The zero-order chi connectivity index (χ0) is 14.1. The van der Waals surface area contributed by atoms with Gasteiger partial charge in [-0.2, -0.15) is 0 Å². The summed E-state index contributed by atoms with van der Waals surface area (Å²) >= 11 is 0. The number of benzene rings is 1. The molecular weight excluding hydrogens is 256 g/mol. The van der Waals surface area contributed by atoms with Gasteiger partial charge in [-0.15, -0.1) is 0 Å². The number of carbonyl (C=O) groups is 2. The molecule has 1 aliphatic heterocycles. The first-order chi connectivity index (χ1) is 9.52. The maximum Gasteiger partial charge on any atom is 0.307 e. The van der Waals surface area contributed by atoms with Crippen molar-refractivity contribution in [3.05, 3.63) is 29.3 Å². The number of aliphatic carboxylic acids is 1. The monoisotopic (exact) mass is 272 g/mol. The lowest BCUT2D eigenvalue weighted by molar-refractivity contribution is -0.140. The zero-order valence-corrected chi connectivity index (χ0v) is 11.3. The van der Waals surface area contributed by atoms with Crippen molar-refractivity contribution in [1.82, 2.24) is 0 Å². The van der Waals surface area contributed by atoms with Gasteiger partial charge in [0.05, 0.1) is 17.9 Å². The van der Waals surface area contributed by atoms with Crippen LogP contribution in [0.15, 0.2) is 18.2 Å². The molecule has 104 valence electrons. The van der Waals surface area contributed by atoms with Gasteiger partial charge in [0.25, 0.3) is 0 Å². The van der Waals surface area contributed by atoms with Crippen molar-refractivity contribution in [3.63, 3.8) is 0 Å². The van der Waals surface area contributed by atoms with Gasteiger partial charge in [-0.3, -0.25) is 9.59 Å². The molecule has 2 fully saturated rings. The van der Waals surface area contributed by atoms with Gasteiger partial charge < -0.3 is 9.84 Å². The molecule has 1 N–H and O–H groups in total. The number of Topliss-reactive ketones (excluding diaryl/α,β-unsaturated/α-hetero) is 1. The van der Waals surface area contributed by atoms with Crippen molar-refractivity contribution in [2.24, 2.45) is 17.8 Å². The Morgan fingerprint density at radius 1 is 1.45 bits per heavy atom. The first-order valence-electron chi connectivity index (χ1n) is 7.07. The second-order valence-corrected chi connectivity index (χ2v) is 6.36. The van der Waals surface area contributed by atoms with E-state index in [4.69, 9.17) is 4.74 Å². The van der Waals surface area contributed by atoms with Crippen LogP contribution in [0.2, 0.25) is 0 Å². The first-order valence-corrected chi connectivity index (χ1v) is 7.07. The lowest BCUT2D eigenvalue weighted by Crippen LogP contribution is -2.43. The standard InChI is InChI=1S/C16H16O4/c1-8-2-3-12-10(6-8)11(17)7-16(20-12)5-4-9-13(14(9)16)15(18)19/h2-3,6,9,13-14H,4-5,7H2,1H3,(H,18,19)/t9-,13-,14-,16+/m1/s1. The summed E-state index contributed by atoms with van der Waals surface area (Å²) in [4.78, 5) is 23.6. The summed E-state index contributed by atoms with van der Waals surface area (Å²) in [7, 11) is 0. The summed E-state index contributed by atoms with van der Waals surface area (Å²) in [5, 5.41) is 9.23. The smallest absolute Gasteiger partial charge is 0.307 e. The molecule has 0 unspecified atom stereocenters. The van der Waals surface area contributed by atoms with E-state index in [0.29, 0.717) is 17.7 Å². The lowest BCUT2D eigenvalue weighted by Gasteiger charge is -2.37. The number of ether oxygens (including phenoxy) is 1. The van der Waals surface area contributed by atoms with Crippen molar-refractivity contribution >= 4 is 11.8 Å². The van der Waals surface area contributed by atoms with Gasteiger partial charge in [0.15, 0.2) is 5.78 Å². The van der Waals surface area contributed by atoms with Gasteiger partial charge in [0.2, 0.25) is 0 Å². The zero-order valence-electron chi connectivity index (χ0n) is 11.3. The van der Waals surface area contributed by atoms with Crippen molar-refractivity contribution in [1.29, 1.82) is 0 Å². The molecule has 4 nitrogen and oxygen atoms in total. The average Bonchev–Trinajstić information content (AvgIpc) is 3.05. The van der Waals surface area contributed by atoms with Gasteiger partial charge in [0.1, 0.15) is 11.4 Å². The molecule has 3 aliphatic rings. The Balaban J connectivity index is 1.72. The maximum atomic E-state index is 12.4. The second-order valence-electron chi connectivity index (χ2n) is 6.36. The van der Waals surface area contributed by atoms with E-state index in [9.17, 15) is 14.7 Å². The lowest BCUT2D eigenvalue weighted by atomic mass is 9.84. The normalized spacial score (nSPS) is 37.2. The minimum absolute atomic E-state index is 0.0124. The predicted octanol–water partition coefficient (Wildman–Crippen LogP) is 2.44. The minimum Gasteiger partial charge on any atom is -0.486 e. The molecule has 2 aliphatic carbocycles. The van der Waals surface area contributed by atoms with Crippen LogP contribution in [0, 0.1) is 24.7 Å². The molecule has 0 saturated heterocycles. The molecule has 4 heteroatoms. The maximum absolute atomic E-state index is 12.4. The highest BCUT2D eigenvalue weighted by Crippen LogP contribution is 2.65. The van der Waals surface area contributed by atoms with Crippen LogP contribution < -0.4 is 4.74 Å². The number of hydrogen-bond acceptors (Lipinski definition) is 3. The third-order valence-corrected chi connectivity index (χ3v) is 5.17. The van der Waals surface area contributed by atoms with E-state index >= 15 is 0 Å². The Hall–Kier alpha value is -1.84. The van der Waals surface area contributed by atoms with E-state index in [1.54, 1.807) is 0 Å². The molecular formula is C16H16O4. The Morgan fingerprint density at radius 3 is 2.95 bits per heavy atom. The molecule has 0 amide bonds. The van der Waals surface area contributed by atoms with Gasteiger partial charge in [-0.05, 0) is 37.8 Å². The molecule has 2 saturated carbocycles. The number of rotatable bonds is 1. The average molecular weight is 272 g/mol. The largest absolute Gasteiger partial charge is 0.486 e. The number of carboxylic acids is 1. The highest BCUT2D eigenvalue weighted by Gasteiger charge is 2.70. The fourth-order valence-electron chi connectivity index (χ4n) is 4.26. The minimum atomic E-state index is -0.746.